The quantitative estimate of drug-likeness (QED) is 0.580. The van der Waals surface area contributed by atoms with Crippen LogP contribution in [0.1, 0.15) is 35.4 Å². The molecule has 8 heteroatoms. The predicted octanol–water partition coefficient (Wildman–Crippen LogP) is 3.46. The lowest BCUT2D eigenvalue weighted by molar-refractivity contribution is -0.0504. The van der Waals surface area contributed by atoms with Gasteiger partial charge in [-0.1, -0.05) is 17.7 Å². The molecular formula is C18H24F2N4O2. The molecule has 0 aliphatic rings. The third-order valence-corrected chi connectivity index (χ3v) is 3.66. The summed E-state index contributed by atoms with van der Waals surface area (Å²) in [5, 5.41) is 6.22. The number of rotatable bonds is 7. The average molecular weight is 366 g/mol. The van der Waals surface area contributed by atoms with Gasteiger partial charge >= 0.3 is 6.61 Å². The van der Waals surface area contributed by atoms with Gasteiger partial charge < -0.3 is 19.8 Å². The first kappa shape index (κ1) is 19.7. The minimum Gasteiger partial charge on any atom is -0.444 e. The van der Waals surface area contributed by atoms with Gasteiger partial charge in [0.25, 0.3) is 0 Å². The highest BCUT2D eigenvalue weighted by atomic mass is 19.3. The zero-order valence-corrected chi connectivity index (χ0v) is 15.4. The van der Waals surface area contributed by atoms with E-state index in [2.05, 4.69) is 25.3 Å². The topological polar surface area (TPSA) is 71.7 Å². The van der Waals surface area contributed by atoms with Gasteiger partial charge in [-0.15, -0.1) is 0 Å². The summed E-state index contributed by atoms with van der Waals surface area (Å²) in [6.45, 7) is 5.91. The van der Waals surface area contributed by atoms with Crippen molar-refractivity contribution < 1.29 is 17.9 Å². The maximum atomic E-state index is 12.6. The van der Waals surface area contributed by atoms with Crippen LogP contribution in [-0.4, -0.2) is 24.1 Å². The largest absolute Gasteiger partial charge is 0.444 e. The average Bonchev–Trinajstić information content (AvgIpc) is 2.90. The Hall–Kier alpha value is -2.64. The second-order valence-corrected chi connectivity index (χ2v) is 5.79. The first-order valence-electron chi connectivity index (χ1n) is 8.38. The number of nitrogens with zero attached hydrogens (tertiary/aromatic N) is 2. The number of hydrogen-bond acceptors (Lipinski definition) is 4. The van der Waals surface area contributed by atoms with E-state index in [-0.39, 0.29) is 12.3 Å². The number of alkyl halides is 2. The van der Waals surface area contributed by atoms with Crippen LogP contribution in [0.3, 0.4) is 0 Å². The Labute approximate surface area is 151 Å². The highest BCUT2D eigenvalue weighted by Gasteiger charge is 2.11. The number of aliphatic imine (C=N–C) groups is 1. The molecule has 142 valence electrons. The Morgan fingerprint density at radius 1 is 1.27 bits per heavy atom. The van der Waals surface area contributed by atoms with Crippen LogP contribution in [0.15, 0.2) is 27.6 Å². The molecule has 0 radical (unpaired) electrons. The van der Waals surface area contributed by atoms with Crippen LogP contribution in [0.25, 0.3) is 0 Å². The highest BCUT2D eigenvalue weighted by Crippen LogP contribution is 2.22. The number of ether oxygens (including phenoxy) is 1. The van der Waals surface area contributed by atoms with Crippen molar-refractivity contribution >= 4 is 5.96 Å². The lowest BCUT2D eigenvalue weighted by Gasteiger charge is -2.12. The fourth-order valence-electron chi connectivity index (χ4n) is 2.32. The van der Waals surface area contributed by atoms with E-state index in [1.165, 1.54) is 6.07 Å². The third-order valence-electron chi connectivity index (χ3n) is 3.66. The van der Waals surface area contributed by atoms with Crippen LogP contribution in [0.4, 0.5) is 8.78 Å². The van der Waals surface area contributed by atoms with E-state index < -0.39 is 6.61 Å². The molecule has 0 saturated carbocycles. The molecule has 0 amide bonds. The van der Waals surface area contributed by atoms with Crippen LogP contribution < -0.4 is 15.4 Å². The number of benzene rings is 1. The van der Waals surface area contributed by atoms with E-state index >= 15 is 0 Å². The van der Waals surface area contributed by atoms with E-state index in [9.17, 15) is 8.78 Å². The van der Waals surface area contributed by atoms with Crippen molar-refractivity contribution in [2.45, 2.75) is 47.4 Å². The molecule has 26 heavy (non-hydrogen) atoms. The summed E-state index contributed by atoms with van der Waals surface area (Å²) in [6, 6.07) is 5.04. The van der Waals surface area contributed by atoms with Gasteiger partial charge in [0.1, 0.15) is 11.5 Å². The molecule has 6 nitrogen and oxygen atoms in total. The fourth-order valence-corrected chi connectivity index (χ4v) is 2.32. The summed E-state index contributed by atoms with van der Waals surface area (Å²) in [5.41, 5.74) is 2.38. The maximum Gasteiger partial charge on any atom is 0.387 e. The van der Waals surface area contributed by atoms with E-state index in [1.54, 1.807) is 12.1 Å². The van der Waals surface area contributed by atoms with Crippen molar-refractivity contribution in [3.8, 4) is 5.75 Å². The van der Waals surface area contributed by atoms with Gasteiger partial charge in [-0.05, 0) is 33.8 Å². The number of oxazole rings is 1. The number of halogens is 2. The Kier molecular flexibility index (Phi) is 6.94. The van der Waals surface area contributed by atoms with Gasteiger partial charge in [-0.3, -0.25) is 0 Å². The molecule has 2 aromatic rings. The molecule has 0 spiro atoms. The molecule has 1 aromatic carbocycles. The summed E-state index contributed by atoms with van der Waals surface area (Å²) in [5.74, 6) is 2.00. The van der Waals surface area contributed by atoms with Gasteiger partial charge in [0.15, 0.2) is 5.96 Å². The van der Waals surface area contributed by atoms with Crippen molar-refractivity contribution in [3.05, 3.63) is 46.7 Å². The molecule has 0 saturated heterocycles. The summed E-state index contributed by atoms with van der Waals surface area (Å²) in [4.78, 5) is 8.74. The highest BCUT2D eigenvalue weighted by molar-refractivity contribution is 5.79. The van der Waals surface area contributed by atoms with E-state index in [0.717, 1.165) is 17.0 Å². The maximum absolute atomic E-state index is 12.6. The normalized spacial score (nSPS) is 11.7. The van der Waals surface area contributed by atoms with Crippen molar-refractivity contribution in [1.82, 2.24) is 15.6 Å². The van der Waals surface area contributed by atoms with Gasteiger partial charge in [0.05, 0.1) is 18.8 Å². The number of guanidine groups is 1. The number of aryl methyl sites for hydroxylation is 3. The SMILES string of the molecule is CCNC(=NCc1cc(C)ccc1OC(F)F)NCc1nc(C)c(C)o1. The Morgan fingerprint density at radius 2 is 2.04 bits per heavy atom. The second-order valence-electron chi connectivity index (χ2n) is 5.79. The summed E-state index contributed by atoms with van der Waals surface area (Å²) in [7, 11) is 0. The van der Waals surface area contributed by atoms with Crippen LogP contribution in [0.2, 0.25) is 0 Å². The molecule has 0 fully saturated rings. The fraction of sp³-hybridized carbons (Fsp3) is 0.444. The molecule has 0 bridgehead atoms. The third kappa shape index (κ3) is 5.72. The molecule has 0 aliphatic carbocycles. The van der Waals surface area contributed by atoms with Gasteiger partial charge in [-0.2, -0.15) is 8.78 Å². The van der Waals surface area contributed by atoms with Crippen LogP contribution in [-0.2, 0) is 13.1 Å². The van der Waals surface area contributed by atoms with E-state index in [0.29, 0.717) is 30.5 Å². The Bertz CT molecular complexity index is 740. The van der Waals surface area contributed by atoms with Crippen LogP contribution >= 0.6 is 0 Å². The van der Waals surface area contributed by atoms with Crippen LogP contribution in [0, 0.1) is 20.8 Å². The smallest absolute Gasteiger partial charge is 0.387 e. The minimum absolute atomic E-state index is 0.129. The summed E-state index contributed by atoms with van der Waals surface area (Å²) >= 11 is 0. The molecule has 2 rings (SSSR count). The molecular weight excluding hydrogens is 342 g/mol. The predicted molar refractivity (Wildman–Crippen MR) is 95.4 cm³/mol. The standard InChI is InChI=1S/C18H24F2N4O2/c1-5-21-18(23-10-16-24-12(3)13(4)25-16)22-9-14-8-11(2)6-7-15(14)26-17(19)20/h6-8,17H,5,9-10H2,1-4H3,(H2,21,22,23). The lowest BCUT2D eigenvalue weighted by atomic mass is 10.1. The van der Waals surface area contributed by atoms with Crippen molar-refractivity contribution in [2.75, 3.05) is 6.54 Å². The molecule has 2 N–H and O–H groups in total. The first-order chi connectivity index (χ1) is 12.4. The van der Waals surface area contributed by atoms with E-state index in [1.807, 2.05) is 27.7 Å². The minimum atomic E-state index is -2.87. The number of hydrogen-bond donors (Lipinski definition) is 2. The zero-order valence-electron chi connectivity index (χ0n) is 15.4. The molecule has 1 aromatic heterocycles. The van der Waals surface area contributed by atoms with Gasteiger partial charge in [-0.25, -0.2) is 9.98 Å². The van der Waals surface area contributed by atoms with Crippen molar-refractivity contribution in [2.24, 2.45) is 4.99 Å². The zero-order chi connectivity index (χ0) is 19.1. The summed E-state index contributed by atoms with van der Waals surface area (Å²) in [6.07, 6.45) is 0. The second kappa shape index (κ2) is 9.17. The summed E-state index contributed by atoms with van der Waals surface area (Å²) < 4.78 is 35.2. The Morgan fingerprint density at radius 3 is 2.65 bits per heavy atom. The van der Waals surface area contributed by atoms with Gasteiger partial charge in [0, 0.05) is 12.1 Å². The number of nitrogens with one attached hydrogen (secondary N) is 2. The lowest BCUT2D eigenvalue weighted by Crippen LogP contribution is -2.36. The van der Waals surface area contributed by atoms with Gasteiger partial charge in [0.2, 0.25) is 5.89 Å². The Balaban J connectivity index is 2.09. The van der Waals surface area contributed by atoms with Crippen LogP contribution in [0.5, 0.6) is 5.75 Å². The molecule has 1 heterocycles. The monoisotopic (exact) mass is 366 g/mol. The molecule has 0 atom stereocenters. The number of aromatic nitrogens is 1. The molecule has 0 unspecified atom stereocenters. The first-order valence-corrected chi connectivity index (χ1v) is 8.38. The van der Waals surface area contributed by atoms with Crippen molar-refractivity contribution in [3.63, 3.8) is 0 Å². The van der Waals surface area contributed by atoms with E-state index in [4.69, 9.17) is 4.42 Å². The molecule has 0 aliphatic heterocycles. The van der Waals surface area contributed by atoms with Crippen molar-refractivity contribution in [1.29, 1.82) is 0 Å².